The van der Waals surface area contributed by atoms with E-state index in [2.05, 4.69) is 0 Å². The van der Waals surface area contributed by atoms with Crippen LogP contribution in [0.2, 0.25) is 0 Å². The summed E-state index contributed by atoms with van der Waals surface area (Å²) in [7, 11) is 1.49. The van der Waals surface area contributed by atoms with Crippen LogP contribution in [0.4, 0.5) is 5.69 Å². The average molecular weight is 267 g/mol. The van der Waals surface area contributed by atoms with Gasteiger partial charge in [0.2, 0.25) is 0 Å². The van der Waals surface area contributed by atoms with Gasteiger partial charge in [0.1, 0.15) is 0 Å². The minimum Gasteiger partial charge on any atom is -0.493 e. The maximum Gasteiger partial charge on any atom is 0.337 e. The molecule has 104 valence electrons. The molecule has 1 atom stereocenters. The number of rotatable bonds is 5. The zero-order valence-corrected chi connectivity index (χ0v) is 10.7. The second-order valence-corrected chi connectivity index (χ2v) is 4.44. The number of hydrogen-bond donors (Lipinski definition) is 2. The van der Waals surface area contributed by atoms with Gasteiger partial charge in [0.25, 0.3) is 0 Å². The molecule has 6 nitrogen and oxygen atoms in total. The number of aromatic carboxylic acids is 1. The normalized spacial score (nSPS) is 18.3. The summed E-state index contributed by atoms with van der Waals surface area (Å²) in [6, 6.07) is 2.86. The highest BCUT2D eigenvalue weighted by Crippen LogP contribution is 2.32. The molecule has 19 heavy (non-hydrogen) atoms. The van der Waals surface area contributed by atoms with Gasteiger partial charge in [0.05, 0.1) is 31.6 Å². The maximum atomic E-state index is 11.0. The quantitative estimate of drug-likeness (QED) is 0.783. The Balaban J connectivity index is 2.16. The Kier molecular flexibility index (Phi) is 4.11. The SMILES string of the molecule is COc1cc(N)c(C(=O)O)cc1OCC1CCOC1. The number of methoxy groups -OCH3 is 1. The Bertz CT molecular complexity index is 468. The van der Waals surface area contributed by atoms with E-state index in [-0.39, 0.29) is 11.3 Å². The molecule has 1 unspecified atom stereocenters. The van der Waals surface area contributed by atoms with Crippen LogP contribution in [-0.2, 0) is 4.74 Å². The van der Waals surface area contributed by atoms with Crippen LogP contribution in [0.3, 0.4) is 0 Å². The van der Waals surface area contributed by atoms with E-state index >= 15 is 0 Å². The van der Waals surface area contributed by atoms with E-state index < -0.39 is 5.97 Å². The number of carboxylic acids is 1. The number of carbonyl (C=O) groups is 1. The topological polar surface area (TPSA) is 91.0 Å². The van der Waals surface area contributed by atoms with Gasteiger partial charge in [0, 0.05) is 24.7 Å². The van der Waals surface area contributed by atoms with Gasteiger partial charge in [-0.2, -0.15) is 0 Å². The first-order chi connectivity index (χ1) is 9.11. The summed E-state index contributed by atoms with van der Waals surface area (Å²) in [5, 5.41) is 9.04. The van der Waals surface area contributed by atoms with Gasteiger partial charge in [-0.25, -0.2) is 4.79 Å². The molecule has 1 fully saturated rings. The van der Waals surface area contributed by atoms with E-state index in [0.29, 0.717) is 30.6 Å². The predicted molar refractivity (Wildman–Crippen MR) is 68.8 cm³/mol. The Morgan fingerprint density at radius 1 is 1.53 bits per heavy atom. The number of nitrogens with two attached hydrogens (primary N) is 1. The van der Waals surface area contributed by atoms with Gasteiger partial charge in [-0.3, -0.25) is 0 Å². The second-order valence-electron chi connectivity index (χ2n) is 4.44. The molecule has 1 saturated heterocycles. The summed E-state index contributed by atoms with van der Waals surface area (Å²) >= 11 is 0. The van der Waals surface area contributed by atoms with Gasteiger partial charge in [0.15, 0.2) is 11.5 Å². The highest BCUT2D eigenvalue weighted by Gasteiger charge is 2.19. The van der Waals surface area contributed by atoms with Crippen molar-refractivity contribution in [2.45, 2.75) is 6.42 Å². The summed E-state index contributed by atoms with van der Waals surface area (Å²) in [5.41, 5.74) is 5.81. The van der Waals surface area contributed by atoms with E-state index in [1.807, 2.05) is 0 Å². The molecular formula is C13H17NO5. The van der Waals surface area contributed by atoms with Crippen LogP contribution in [0.5, 0.6) is 11.5 Å². The summed E-state index contributed by atoms with van der Waals surface area (Å²) in [4.78, 5) is 11.0. The van der Waals surface area contributed by atoms with E-state index in [9.17, 15) is 4.79 Å². The van der Waals surface area contributed by atoms with Crippen molar-refractivity contribution in [3.05, 3.63) is 17.7 Å². The largest absolute Gasteiger partial charge is 0.493 e. The van der Waals surface area contributed by atoms with Gasteiger partial charge in [-0.1, -0.05) is 0 Å². The minimum absolute atomic E-state index is 0.0125. The average Bonchev–Trinajstić information content (AvgIpc) is 2.89. The molecule has 1 aliphatic heterocycles. The lowest BCUT2D eigenvalue weighted by Gasteiger charge is -2.15. The van der Waals surface area contributed by atoms with Gasteiger partial charge >= 0.3 is 5.97 Å². The van der Waals surface area contributed by atoms with Crippen molar-refractivity contribution in [3.63, 3.8) is 0 Å². The van der Waals surface area contributed by atoms with Crippen molar-refractivity contribution in [2.24, 2.45) is 5.92 Å². The van der Waals surface area contributed by atoms with Crippen LogP contribution in [0.1, 0.15) is 16.8 Å². The van der Waals surface area contributed by atoms with Crippen molar-refractivity contribution in [1.82, 2.24) is 0 Å². The number of nitrogen functional groups attached to an aromatic ring is 1. The summed E-state index contributed by atoms with van der Waals surface area (Å²) in [6.45, 7) is 1.88. The summed E-state index contributed by atoms with van der Waals surface area (Å²) < 4.78 is 16.0. The van der Waals surface area contributed by atoms with Crippen molar-refractivity contribution < 1.29 is 24.1 Å². The highest BCUT2D eigenvalue weighted by atomic mass is 16.5. The first-order valence-electron chi connectivity index (χ1n) is 6.03. The van der Waals surface area contributed by atoms with Crippen LogP contribution in [0.15, 0.2) is 12.1 Å². The molecule has 1 aromatic carbocycles. The Labute approximate surface area is 111 Å². The third-order valence-electron chi connectivity index (χ3n) is 3.06. The fourth-order valence-corrected chi connectivity index (χ4v) is 1.96. The van der Waals surface area contributed by atoms with Gasteiger partial charge < -0.3 is 25.1 Å². The van der Waals surface area contributed by atoms with Crippen LogP contribution >= 0.6 is 0 Å². The molecule has 2 rings (SSSR count). The molecule has 1 aromatic rings. The molecule has 1 heterocycles. The maximum absolute atomic E-state index is 11.0. The molecule has 0 saturated carbocycles. The number of hydrogen-bond acceptors (Lipinski definition) is 5. The molecule has 0 spiro atoms. The summed E-state index contributed by atoms with van der Waals surface area (Å²) in [6.07, 6.45) is 0.947. The zero-order chi connectivity index (χ0) is 13.8. The lowest BCUT2D eigenvalue weighted by molar-refractivity contribution is 0.0697. The Morgan fingerprint density at radius 2 is 2.32 bits per heavy atom. The van der Waals surface area contributed by atoms with E-state index in [0.717, 1.165) is 13.0 Å². The predicted octanol–water partition coefficient (Wildman–Crippen LogP) is 1.39. The lowest BCUT2D eigenvalue weighted by Crippen LogP contribution is -2.13. The Morgan fingerprint density at radius 3 is 2.89 bits per heavy atom. The van der Waals surface area contributed by atoms with E-state index in [1.54, 1.807) is 0 Å². The highest BCUT2D eigenvalue weighted by molar-refractivity contribution is 5.94. The number of carboxylic acid groups (broad SMARTS) is 1. The third-order valence-corrected chi connectivity index (χ3v) is 3.06. The van der Waals surface area contributed by atoms with Crippen LogP contribution in [0.25, 0.3) is 0 Å². The van der Waals surface area contributed by atoms with Crippen LogP contribution in [-0.4, -0.2) is 38.0 Å². The lowest BCUT2D eigenvalue weighted by atomic mass is 10.1. The third kappa shape index (κ3) is 3.08. The van der Waals surface area contributed by atoms with E-state index in [4.69, 9.17) is 25.1 Å². The first kappa shape index (κ1) is 13.5. The van der Waals surface area contributed by atoms with Gasteiger partial charge in [-0.15, -0.1) is 0 Å². The molecule has 3 N–H and O–H groups in total. The number of benzene rings is 1. The minimum atomic E-state index is -1.09. The zero-order valence-electron chi connectivity index (χ0n) is 10.7. The molecule has 0 amide bonds. The summed E-state index contributed by atoms with van der Waals surface area (Å²) in [5.74, 6) is 0.0622. The van der Waals surface area contributed by atoms with Crippen molar-refractivity contribution in [3.8, 4) is 11.5 Å². The fourth-order valence-electron chi connectivity index (χ4n) is 1.96. The Hall–Kier alpha value is -1.95. The smallest absolute Gasteiger partial charge is 0.337 e. The van der Waals surface area contributed by atoms with Crippen LogP contribution < -0.4 is 15.2 Å². The van der Waals surface area contributed by atoms with Gasteiger partial charge in [-0.05, 0) is 6.42 Å². The molecule has 0 radical (unpaired) electrons. The second kappa shape index (κ2) is 5.79. The fraction of sp³-hybridized carbons (Fsp3) is 0.462. The van der Waals surface area contributed by atoms with Crippen molar-refractivity contribution in [2.75, 3.05) is 32.7 Å². The van der Waals surface area contributed by atoms with Crippen molar-refractivity contribution in [1.29, 1.82) is 0 Å². The first-order valence-corrected chi connectivity index (χ1v) is 6.03. The number of anilines is 1. The van der Waals surface area contributed by atoms with Crippen LogP contribution in [0, 0.1) is 5.92 Å². The molecule has 0 aromatic heterocycles. The van der Waals surface area contributed by atoms with E-state index in [1.165, 1.54) is 19.2 Å². The molecule has 0 aliphatic carbocycles. The molecule has 1 aliphatic rings. The number of ether oxygens (including phenoxy) is 3. The molecule has 6 heteroatoms. The molecular weight excluding hydrogens is 250 g/mol. The molecule has 0 bridgehead atoms. The monoisotopic (exact) mass is 267 g/mol. The standard InChI is InChI=1S/C13H17NO5/c1-17-11-5-10(14)9(13(15)16)4-12(11)19-7-8-2-3-18-6-8/h4-5,8H,2-3,6-7,14H2,1H3,(H,15,16). The van der Waals surface area contributed by atoms with Crippen molar-refractivity contribution >= 4 is 11.7 Å².